The van der Waals surface area contributed by atoms with Crippen molar-refractivity contribution in [3.05, 3.63) is 58.2 Å². The van der Waals surface area contributed by atoms with Crippen molar-refractivity contribution < 1.29 is 4.74 Å². The van der Waals surface area contributed by atoms with Gasteiger partial charge in [-0.1, -0.05) is 41.4 Å². The fourth-order valence-corrected chi connectivity index (χ4v) is 1.96. The van der Waals surface area contributed by atoms with Gasteiger partial charge in [0.25, 0.3) is 0 Å². The van der Waals surface area contributed by atoms with Crippen molar-refractivity contribution in [2.45, 2.75) is 6.54 Å². The molecule has 108 valence electrons. The molecule has 6 heteroatoms. The molecule has 0 aliphatic heterocycles. The maximum Gasteiger partial charge on any atom is 0.213 e. The summed E-state index contributed by atoms with van der Waals surface area (Å²) in [6, 6.07) is 11.2. The van der Waals surface area contributed by atoms with Gasteiger partial charge in [-0.05, 0) is 17.7 Å². The zero-order valence-corrected chi connectivity index (χ0v) is 13.0. The summed E-state index contributed by atoms with van der Waals surface area (Å²) in [4.78, 5) is 4.07. The molecular weight excluding hydrogens is 319 g/mol. The average molecular weight is 334 g/mol. The van der Waals surface area contributed by atoms with Gasteiger partial charge in [0.05, 0.1) is 10.0 Å². The molecule has 1 aromatic heterocycles. The molecule has 0 fully saturated rings. The van der Waals surface area contributed by atoms with Crippen LogP contribution in [0, 0.1) is 0 Å². The first-order valence-corrected chi connectivity index (χ1v) is 6.70. The SMILES string of the molecule is Cl.Clc1cccc(CNCCOc2ccccn2)c1Cl. The molecule has 0 aliphatic rings. The Balaban J connectivity index is 0.00000200. The maximum atomic E-state index is 6.09. The molecule has 0 spiro atoms. The predicted molar refractivity (Wildman–Crippen MR) is 85.1 cm³/mol. The molecule has 3 nitrogen and oxygen atoms in total. The Morgan fingerprint density at radius 2 is 1.95 bits per heavy atom. The topological polar surface area (TPSA) is 34.1 Å². The van der Waals surface area contributed by atoms with Crippen LogP contribution >= 0.6 is 35.6 Å². The number of ether oxygens (including phenoxy) is 1. The number of nitrogens with zero attached hydrogens (tertiary/aromatic N) is 1. The van der Waals surface area contributed by atoms with Crippen molar-refractivity contribution in [1.82, 2.24) is 10.3 Å². The van der Waals surface area contributed by atoms with Crippen LogP contribution in [-0.2, 0) is 6.54 Å². The molecule has 0 atom stereocenters. The van der Waals surface area contributed by atoms with E-state index in [4.69, 9.17) is 27.9 Å². The molecular formula is C14H15Cl3N2O. The number of hydrogen-bond acceptors (Lipinski definition) is 3. The predicted octanol–water partition coefficient (Wildman–Crippen LogP) is 3.98. The van der Waals surface area contributed by atoms with E-state index in [2.05, 4.69) is 10.3 Å². The van der Waals surface area contributed by atoms with Crippen LogP contribution in [0.3, 0.4) is 0 Å². The summed E-state index contributed by atoms with van der Waals surface area (Å²) in [5, 5.41) is 4.42. The van der Waals surface area contributed by atoms with Gasteiger partial charge in [0, 0.05) is 25.4 Å². The second kappa shape index (κ2) is 9.03. The van der Waals surface area contributed by atoms with Crippen molar-refractivity contribution >= 4 is 35.6 Å². The third kappa shape index (κ3) is 5.17. The molecule has 0 bridgehead atoms. The van der Waals surface area contributed by atoms with E-state index in [1.807, 2.05) is 30.3 Å². The number of benzene rings is 1. The lowest BCUT2D eigenvalue weighted by Crippen LogP contribution is -2.21. The Hall–Kier alpha value is -1.00. The second-order valence-corrected chi connectivity index (χ2v) is 4.69. The summed E-state index contributed by atoms with van der Waals surface area (Å²) in [7, 11) is 0. The minimum atomic E-state index is 0. The van der Waals surface area contributed by atoms with Gasteiger partial charge in [-0.15, -0.1) is 12.4 Å². The van der Waals surface area contributed by atoms with Crippen LogP contribution in [-0.4, -0.2) is 18.1 Å². The van der Waals surface area contributed by atoms with Crippen molar-refractivity contribution in [3.63, 3.8) is 0 Å². The van der Waals surface area contributed by atoms with E-state index in [0.717, 1.165) is 5.56 Å². The minimum Gasteiger partial charge on any atom is -0.476 e. The molecule has 0 aliphatic carbocycles. The van der Waals surface area contributed by atoms with Crippen molar-refractivity contribution in [3.8, 4) is 5.88 Å². The first-order valence-electron chi connectivity index (χ1n) is 5.95. The summed E-state index contributed by atoms with van der Waals surface area (Å²) in [6.07, 6.45) is 1.70. The number of hydrogen-bond donors (Lipinski definition) is 1. The zero-order chi connectivity index (χ0) is 13.5. The number of halogens is 3. The minimum absolute atomic E-state index is 0. The van der Waals surface area contributed by atoms with E-state index in [-0.39, 0.29) is 12.4 Å². The van der Waals surface area contributed by atoms with Crippen LogP contribution in [0.2, 0.25) is 10.0 Å². The summed E-state index contributed by atoms with van der Waals surface area (Å²) in [6.45, 7) is 1.92. The van der Waals surface area contributed by atoms with Gasteiger partial charge in [-0.25, -0.2) is 4.98 Å². The summed E-state index contributed by atoms with van der Waals surface area (Å²) in [5.41, 5.74) is 0.979. The van der Waals surface area contributed by atoms with Gasteiger partial charge in [0.15, 0.2) is 0 Å². The number of rotatable bonds is 6. The van der Waals surface area contributed by atoms with Crippen LogP contribution in [0.1, 0.15) is 5.56 Å². The first kappa shape index (κ1) is 17.1. The fourth-order valence-electron chi connectivity index (χ4n) is 1.57. The van der Waals surface area contributed by atoms with E-state index < -0.39 is 0 Å². The smallest absolute Gasteiger partial charge is 0.213 e. The van der Waals surface area contributed by atoms with Crippen LogP contribution in [0.4, 0.5) is 0 Å². The first-order chi connectivity index (χ1) is 9.27. The monoisotopic (exact) mass is 332 g/mol. The Labute approximate surface area is 134 Å². The van der Waals surface area contributed by atoms with Gasteiger partial charge < -0.3 is 10.1 Å². The van der Waals surface area contributed by atoms with Crippen LogP contribution < -0.4 is 10.1 Å². The highest BCUT2D eigenvalue weighted by molar-refractivity contribution is 6.42. The molecule has 0 saturated carbocycles. The van der Waals surface area contributed by atoms with Gasteiger partial charge in [-0.3, -0.25) is 0 Å². The Morgan fingerprint density at radius 1 is 1.10 bits per heavy atom. The molecule has 0 radical (unpaired) electrons. The lowest BCUT2D eigenvalue weighted by Gasteiger charge is -2.08. The molecule has 0 unspecified atom stereocenters. The van der Waals surface area contributed by atoms with Crippen LogP contribution in [0.5, 0.6) is 5.88 Å². The highest BCUT2D eigenvalue weighted by atomic mass is 35.5. The van der Waals surface area contributed by atoms with Gasteiger partial charge in [0.1, 0.15) is 6.61 Å². The molecule has 20 heavy (non-hydrogen) atoms. The lowest BCUT2D eigenvalue weighted by molar-refractivity contribution is 0.302. The highest BCUT2D eigenvalue weighted by Gasteiger charge is 2.03. The zero-order valence-electron chi connectivity index (χ0n) is 10.7. The quantitative estimate of drug-likeness (QED) is 0.812. The number of nitrogens with one attached hydrogen (secondary N) is 1. The molecule has 1 N–H and O–H groups in total. The van der Waals surface area contributed by atoms with Crippen molar-refractivity contribution in [1.29, 1.82) is 0 Å². The third-order valence-corrected chi connectivity index (χ3v) is 3.37. The molecule has 2 aromatic rings. The summed E-state index contributed by atoms with van der Waals surface area (Å²) in [5.74, 6) is 0.630. The Morgan fingerprint density at radius 3 is 2.70 bits per heavy atom. The molecule has 2 rings (SSSR count). The molecule has 0 saturated heterocycles. The molecule has 1 aromatic carbocycles. The van der Waals surface area contributed by atoms with Crippen molar-refractivity contribution in [2.75, 3.05) is 13.2 Å². The maximum absolute atomic E-state index is 6.09. The van der Waals surface area contributed by atoms with E-state index in [1.54, 1.807) is 12.3 Å². The fraction of sp³-hybridized carbons (Fsp3) is 0.214. The Bertz CT molecular complexity index is 523. The third-order valence-electron chi connectivity index (χ3n) is 2.51. The normalized spacial score (nSPS) is 9.90. The Kier molecular flexibility index (Phi) is 7.70. The lowest BCUT2D eigenvalue weighted by atomic mass is 10.2. The number of aromatic nitrogens is 1. The van der Waals surface area contributed by atoms with Gasteiger partial charge >= 0.3 is 0 Å². The summed E-state index contributed by atoms with van der Waals surface area (Å²) >= 11 is 12.0. The standard InChI is InChI=1S/C14H14Cl2N2O.ClH/c15-12-5-3-4-11(14(12)16)10-17-8-9-19-13-6-1-2-7-18-13;/h1-7,17H,8-10H2;1H. The highest BCUT2D eigenvalue weighted by Crippen LogP contribution is 2.25. The van der Waals surface area contributed by atoms with Crippen LogP contribution in [0.15, 0.2) is 42.6 Å². The van der Waals surface area contributed by atoms with E-state index >= 15 is 0 Å². The van der Waals surface area contributed by atoms with E-state index in [9.17, 15) is 0 Å². The number of pyridine rings is 1. The molecule has 0 amide bonds. The largest absolute Gasteiger partial charge is 0.476 e. The van der Waals surface area contributed by atoms with Crippen molar-refractivity contribution in [2.24, 2.45) is 0 Å². The van der Waals surface area contributed by atoms with E-state index in [1.165, 1.54) is 0 Å². The van der Waals surface area contributed by atoms with Crippen LogP contribution in [0.25, 0.3) is 0 Å². The summed E-state index contributed by atoms with van der Waals surface area (Å²) < 4.78 is 5.47. The second-order valence-electron chi connectivity index (χ2n) is 3.91. The van der Waals surface area contributed by atoms with Gasteiger partial charge in [0.2, 0.25) is 5.88 Å². The molecule has 1 heterocycles. The van der Waals surface area contributed by atoms with Gasteiger partial charge in [-0.2, -0.15) is 0 Å². The van der Waals surface area contributed by atoms with E-state index in [0.29, 0.717) is 35.6 Å². The average Bonchev–Trinajstić information content (AvgIpc) is 2.44.